The lowest BCUT2D eigenvalue weighted by Crippen LogP contribution is -2.50. The molecule has 1 fully saturated rings. The van der Waals surface area contributed by atoms with Crippen LogP contribution in [0, 0.1) is 5.82 Å². The van der Waals surface area contributed by atoms with Crippen LogP contribution in [-0.2, 0) is 11.2 Å². The molecule has 1 unspecified atom stereocenters. The maximum absolute atomic E-state index is 14.8. The lowest BCUT2D eigenvalue weighted by Gasteiger charge is -2.36. The fraction of sp³-hybridized carbons (Fsp3) is 0.208. The van der Waals surface area contributed by atoms with Gasteiger partial charge in [0.2, 0.25) is 0 Å². The van der Waals surface area contributed by atoms with Gasteiger partial charge in [0.15, 0.2) is 5.82 Å². The second-order valence-electron chi connectivity index (χ2n) is 7.76. The summed E-state index contributed by atoms with van der Waals surface area (Å²) >= 11 is 6.41. The van der Waals surface area contributed by atoms with Crippen molar-refractivity contribution in [1.82, 2.24) is 29.9 Å². The molecule has 0 spiro atoms. The first kappa shape index (κ1) is 22.1. The van der Waals surface area contributed by atoms with E-state index in [0.29, 0.717) is 46.4 Å². The number of hydrogen-bond acceptors (Lipinski definition) is 6. The van der Waals surface area contributed by atoms with Gasteiger partial charge in [-0.15, -0.1) is 4.80 Å². The summed E-state index contributed by atoms with van der Waals surface area (Å²) in [5, 5.41) is 8.63. The van der Waals surface area contributed by atoms with Crippen molar-refractivity contribution in [2.24, 2.45) is 0 Å². The molecule has 4 aromatic rings. The van der Waals surface area contributed by atoms with Gasteiger partial charge in [-0.05, 0) is 48.4 Å². The van der Waals surface area contributed by atoms with Gasteiger partial charge >= 0.3 is 0 Å². The highest BCUT2D eigenvalue weighted by Gasteiger charge is 2.31. The minimum atomic E-state index is -0.375. The van der Waals surface area contributed by atoms with Crippen LogP contribution in [0.15, 0.2) is 67.3 Å². The Morgan fingerprint density at radius 2 is 1.88 bits per heavy atom. The quantitative estimate of drug-likeness (QED) is 0.435. The van der Waals surface area contributed by atoms with Gasteiger partial charge in [0.1, 0.15) is 11.5 Å². The SMILES string of the molecule is O=C(c1cccc(Cl)c1-n1nccn1)N1CCOCC1Cc1cc(-c2ncccn2)ccc1F. The zero-order valence-corrected chi connectivity index (χ0v) is 18.8. The van der Waals surface area contributed by atoms with Gasteiger partial charge in [0, 0.05) is 24.5 Å². The van der Waals surface area contributed by atoms with Gasteiger partial charge in [0.25, 0.3) is 5.91 Å². The summed E-state index contributed by atoms with van der Waals surface area (Å²) in [7, 11) is 0. The first-order valence-corrected chi connectivity index (χ1v) is 11.1. The summed E-state index contributed by atoms with van der Waals surface area (Å²) in [6.07, 6.45) is 6.58. The van der Waals surface area contributed by atoms with Crippen molar-refractivity contribution in [3.8, 4) is 17.1 Å². The average Bonchev–Trinajstić information content (AvgIpc) is 3.40. The first-order chi connectivity index (χ1) is 16.6. The Morgan fingerprint density at radius 3 is 2.68 bits per heavy atom. The molecule has 0 aliphatic carbocycles. The van der Waals surface area contributed by atoms with Crippen LogP contribution < -0.4 is 0 Å². The summed E-state index contributed by atoms with van der Waals surface area (Å²) in [5.41, 5.74) is 1.92. The zero-order valence-electron chi connectivity index (χ0n) is 18.0. The van der Waals surface area contributed by atoms with Crippen molar-refractivity contribution in [2.75, 3.05) is 19.8 Å². The molecule has 5 rings (SSSR count). The lowest BCUT2D eigenvalue weighted by atomic mass is 10.00. The van der Waals surface area contributed by atoms with Crippen LogP contribution in [0.4, 0.5) is 4.39 Å². The Morgan fingerprint density at radius 1 is 1.09 bits per heavy atom. The average molecular weight is 479 g/mol. The summed E-state index contributed by atoms with van der Waals surface area (Å²) in [4.78, 5) is 25.2. The number of morpholine rings is 1. The van der Waals surface area contributed by atoms with E-state index < -0.39 is 0 Å². The molecule has 0 N–H and O–H groups in total. The second-order valence-corrected chi connectivity index (χ2v) is 8.17. The molecule has 1 atom stereocenters. The van der Waals surface area contributed by atoms with Crippen LogP contribution in [-0.4, -0.2) is 61.6 Å². The van der Waals surface area contributed by atoms with E-state index in [1.807, 2.05) is 0 Å². The number of para-hydroxylation sites is 1. The predicted octanol–water partition coefficient (Wildman–Crippen LogP) is 3.60. The van der Waals surface area contributed by atoms with E-state index in [2.05, 4.69) is 20.2 Å². The molecule has 172 valence electrons. The maximum atomic E-state index is 14.8. The number of hydrogen-bond donors (Lipinski definition) is 0. The third-order valence-electron chi connectivity index (χ3n) is 5.65. The van der Waals surface area contributed by atoms with Crippen LogP contribution in [0.25, 0.3) is 17.1 Å². The van der Waals surface area contributed by atoms with Crippen molar-refractivity contribution in [3.05, 3.63) is 89.2 Å². The van der Waals surface area contributed by atoms with E-state index in [-0.39, 0.29) is 30.8 Å². The molecule has 2 aromatic carbocycles. The highest BCUT2D eigenvalue weighted by atomic mass is 35.5. The highest BCUT2D eigenvalue weighted by molar-refractivity contribution is 6.33. The van der Waals surface area contributed by atoms with Crippen LogP contribution in [0.5, 0.6) is 0 Å². The number of ether oxygens (including phenoxy) is 1. The van der Waals surface area contributed by atoms with E-state index in [1.54, 1.807) is 53.7 Å². The van der Waals surface area contributed by atoms with Gasteiger partial charge in [-0.3, -0.25) is 4.79 Å². The molecule has 1 aliphatic heterocycles. The second kappa shape index (κ2) is 9.66. The fourth-order valence-electron chi connectivity index (χ4n) is 4.04. The van der Waals surface area contributed by atoms with Crippen molar-refractivity contribution in [2.45, 2.75) is 12.5 Å². The Labute approximate surface area is 200 Å². The molecule has 1 saturated heterocycles. The van der Waals surface area contributed by atoms with Gasteiger partial charge in [-0.1, -0.05) is 17.7 Å². The van der Waals surface area contributed by atoms with Gasteiger partial charge < -0.3 is 9.64 Å². The summed E-state index contributed by atoms with van der Waals surface area (Å²) in [6, 6.07) is 11.2. The lowest BCUT2D eigenvalue weighted by molar-refractivity contribution is -0.00185. The Bertz CT molecular complexity index is 1300. The van der Waals surface area contributed by atoms with Crippen molar-refractivity contribution in [1.29, 1.82) is 0 Å². The van der Waals surface area contributed by atoms with Crippen LogP contribution >= 0.6 is 11.6 Å². The molecular weight excluding hydrogens is 459 g/mol. The number of carbonyl (C=O) groups is 1. The largest absolute Gasteiger partial charge is 0.377 e. The van der Waals surface area contributed by atoms with Gasteiger partial charge in [-0.25, -0.2) is 14.4 Å². The normalized spacial score (nSPS) is 15.9. The standard InChI is InChI=1S/C24H20ClFN6O2/c25-20-4-1-3-19(22(20)32-29-9-10-30-32)24(33)31-11-12-34-15-18(31)14-17-13-16(5-6-21(17)26)23-27-7-2-8-28-23/h1-10,13,18H,11-12,14-15H2. The maximum Gasteiger partial charge on any atom is 0.256 e. The van der Waals surface area contributed by atoms with Crippen LogP contribution in [0.3, 0.4) is 0 Å². The molecule has 0 bridgehead atoms. The predicted molar refractivity (Wildman–Crippen MR) is 123 cm³/mol. The number of rotatable bonds is 5. The van der Waals surface area contributed by atoms with Crippen LogP contribution in [0.2, 0.25) is 5.02 Å². The zero-order chi connectivity index (χ0) is 23.5. The number of halogens is 2. The van der Waals surface area contributed by atoms with E-state index in [1.165, 1.54) is 23.3 Å². The minimum absolute atomic E-state index is 0.244. The van der Waals surface area contributed by atoms with E-state index >= 15 is 0 Å². The number of amides is 1. The molecule has 1 aliphatic rings. The number of nitrogens with zero attached hydrogens (tertiary/aromatic N) is 6. The fourth-order valence-corrected chi connectivity index (χ4v) is 4.29. The molecule has 1 amide bonds. The number of carbonyl (C=O) groups excluding carboxylic acids is 1. The topological polar surface area (TPSA) is 86.0 Å². The molecule has 3 heterocycles. The third-order valence-corrected chi connectivity index (χ3v) is 5.95. The Balaban J connectivity index is 1.46. The summed E-state index contributed by atoms with van der Waals surface area (Å²) in [6.45, 7) is 1.04. The molecule has 0 saturated carbocycles. The van der Waals surface area contributed by atoms with E-state index in [0.717, 1.165) is 0 Å². The highest BCUT2D eigenvalue weighted by Crippen LogP contribution is 2.27. The molecule has 10 heteroatoms. The smallest absolute Gasteiger partial charge is 0.256 e. The Kier molecular flexibility index (Phi) is 6.29. The minimum Gasteiger partial charge on any atom is -0.377 e. The number of aromatic nitrogens is 5. The summed E-state index contributed by atoms with van der Waals surface area (Å²) < 4.78 is 20.4. The van der Waals surface area contributed by atoms with Gasteiger partial charge in [0.05, 0.1) is 42.2 Å². The van der Waals surface area contributed by atoms with Gasteiger partial charge in [-0.2, -0.15) is 10.2 Å². The number of benzene rings is 2. The molecule has 2 aromatic heterocycles. The summed E-state index contributed by atoms with van der Waals surface area (Å²) in [5.74, 6) is -0.0974. The van der Waals surface area contributed by atoms with Crippen LogP contribution in [0.1, 0.15) is 15.9 Å². The Hall–Kier alpha value is -3.69. The van der Waals surface area contributed by atoms with E-state index in [4.69, 9.17) is 16.3 Å². The van der Waals surface area contributed by atoms with Crippen molar-refractivity contribution >= 4 is 17.5 Å². The molecular formula is C24H20ClFN6O2. The third kappa shape index (κ3) is 4.40. The van der Waals surface area contributed by atoms with Crippen molar-refractivity contribution < 1.29 is 13.9 Å². The van der Waals surface area contributed by atoms with Crippen molar-refractivity contribution in [3.63, 3.8) is 0 Å². The monoisotopic (exact) mass is 478 g/mol. The molecule has 34 heavy (non-hydrogen) atoms. The molecule has 0 radical (unpaired) electrons. The first-order valence-electron chi connectivity index (χ1n) is 10.7. The van der Waals surface area contributed by atoms with E-state index in [9.17, 15) is 9.18 Å². The molecule has 8 nitrogen and oxygen atoms in total.